The third-order valence-corrected chi connectivity index (χ3v) is 3.68. The monoisotopic (exact) mass is 258 g/mol. The molecule has 0 heterocycles. The highest BCUT2D eigenvalue weighted by atomic mass is 35.5. The van der Waals surface area contributed by atoms with Crippen LogP contribution in [-0.4, -0.2) is 18.2 Å². The second kappa shape index (κ2) is 4.18. The molecular weight excluding hydrogens is 247 g/mol. The van der Waals surface area contributed by atoms with Crippen molar-refractivity contribution in [1.82, 2.24) is 0 Å². The number of rotatable bonds is 3. The van der Waals surface area contributed by atoms with Crippen LogP contribution in [0, 0.1) is 5.82 Å². The lowest BCUT2D eigenvalue weighted by atomic mass is 9.64. The quantitative estimate of drug-likeness (QED) is 0.907. The molecule has 0 amide bonds. The molecule has 0 saturated heterocycles. The van der Waals surface area contributed by atoms with E-state index in [-0.39, 0.29) is 10.8 Å². The van der Waals surface area contributed by atoms with Crippen LogP contribution in [0.4, 0.5) is 4.39 Å². The van der Waals surface area contributed by atoms with Crippen molar-refractivity contribution >= 4 is 17.6 Å². The first-order valence-electron chi connectivity index (χ1n) is 5.29. The minimum atomic E-state index is -1.02. The molecule has 2 rings (SSSR count). The highest BCUT2D eigenvalue weighted by Crippen LogP contribution is 2.48. The van der Waals surface area contributed by atoms with E-state index in [2.05, 4.69) is 0 Å². The topological polar surface area (TPSA) is 46.5 Å². The molecule has 0 radical (unpaired) electrons. The smallest absolute Gasteiger partial charge is 0.314 e. The number of hydrogen-bond donors (Lipinski definition) is 1. The molecule has 1 aromatic rings. The Balaban J connectivity index is 2.59. The average molecular weight is 259 g/mol. The number of carbonyl (C=O) groups is 1. The Hall–Kier alpha value is -1.29. The van der Waals surface area contributed by atoms with Crippen molar-refractivity contribution in [3.63, 3.8) is 0 Å². The summed E-state index contributed by atoms with van der Waals surface area (Å²) in [5, 5.41) is 9.24. The molecular formula is C12H12ClFO3. The van der Waals surface area contributed by atoms with Crippen molar-refractivity contribution in [3.8, 4) is 5.75 Å². The lowest BCUT2D eigenvalue weighted by Crippen LogP contribution is -2.42. The maximum absolute atomic E-state index is 13.8. The summed E-state index contributed by atoms with van der Waals surface area (Å²) in [4.78, 5) is 11.4. The van der Waals surface area contributed by atoms with Crippen LogP contribution < -0.4 is 4.74 Å². The number of carboxylic acids is 1. The molecule has 1 aromatic carbocycles. The second-order valence-corrected chi connectivity index (χ2v) is 4.59. The van der Waals surface area contributed by atoms with Crippen LogP contribution in [0.1, 0.15) is 24.8 Å². The zero-order valence-electron chi connectivity index (χ0n) is 9.30. The van der Waals surface area contributed by atoms with Gasteiger partial charge in [-0.1, -0.05) is 24.1 Å². The van der Waals surface area contributed by atoms with E-state index in [1.807, 2.05) is 0 Å². The Bertz CT molecular complexity index is 469. The van der Waals surface area contributed by atoms with Gasteiger partial charge in [0.25, 0.3) is 0 Å². The van der Waals surface area contributed by atoms with Gasteiger partial charge in [0, 0.05) is 5.56 Å². The van der Waals surface area contributed by atoms with Gasteiger partial charge in [-0.3, -0.25) is 4.79 Å². The van der Waals surface area contributed by atoms with Gasteiger partial charge < -0.3 is 9.84 Å². The summed E-state index contributed by atoms with van der Waals surface area (Å²) >= 11 is 5.65. The van der Waals surface area contributed by atoms with E-state index in [4.69, 9.17) is 16.3 Å². The highest BCUT2D eigenvalue weighted by Gasteiger charge is 2.48. The molecule has 0 unspecified atom stereocenters. The van der Waals surface area contributed by atoms with Crippen LogP contribution >= 0.6 is 11.6 Å². The largest absolute Gasteiger partial charge is 0.493 e. The molecule has 0 bridgehead atoms. The predicted octanol–water partition coefficient (Wildman–Crippen LogP) is 2.99. The predicted molar refractivity (Wildman–Crippen MR) is 61.1 cm³/mol. The fraction of sp³-hybridized carbons (Fsp3) is 0.417. The van der Waals surface area contributed by atoms with Crippen molar-refractivity contribution < 1.29 is 19.0 Å². The maximum Gasteiger partial charge on any atom is 0.314 e. The molecule has 5 heteroatoms. The fourth-order valence-electron chi connectivity index (χ4n) is 2.24. The van der Waals surface area contributed by atoms with Crippen molar-refractivity contribution in [2.24, 2.45) is 0 Å². The summed E-state index contributed by atoms with van der Waals surface area (Å²) in [6.07, 6.45) is 1.82. The lowest BCUT2D eigenvalue weighted by Gasteiger charge is -2.38. The number of aliphatic carboxylic acids is 1. The minimum Gasteiger partial charge on any atom is -0.493 e. The zero-order valence-corrected chi connectivity index (χ0v) is 10.1. The molecule has 1 N–H and O–H groups in total. The first-order chi connectivity index (χ1) is 8.03. The maximum atomic E-state index is 13.8. The van der Waals surface area contributed by atoms with Gasteiger partial charge in [-0.2, -0.15) is 0 Å². The molecule has 3 nitrogen and oxygen atoms in total. The van der Waals surface area contributed by atoms with Crippen LogP contribution in [-0.2, 0) is 10.2 Å². The SMILES string of the molecule is COc1c(C2(C(=O)O)CCC2)ccc(Cl)c1F. The summed E-state index contributed by atoms with van der Waals surface area (Å²) < 4.78 is 18.7. The Kier molecular flexibility index (Phi) is 3.00. The van der Waals surface area contributed by atoms with Crippen LogP contribution in [0.15, 0.2) is 12.1 Å². The molecule has 0 spiro atoms. The van der Waals surface area contributed by atoms with E-state index in [0.29, 0.717) is 18.4 Å². The Labute approximate surface area is 103 Å². The standard InChI is InChI=1S/C12H12ClFO3/c1-17-10-7(3-4-8(13)9(10)14)12(11(15)16)5-2-6-12/h3-4H,2,5-6H2,1H3,(H,15,16). The number of methoxy groups -OCH3 is 1. The van der Waals surface area contributed by atoms with Gasteiger partial charge in [-0.25, -0.2) is 4.39 Å². The number of halogens is 2. The van der Waals surface area contributed by atoms with Gasteiger partial charge >= 0.3 is 5.97 Å². The van der Waals surface area contributed by atoms with E-state index in [0.717, 1.165) is 6.42 Å². The third kappa shape index (κ3) is 1.67. The van der Waals surface area contributed by atoms with Crippen LogP contribution in [0.3, 0.4) is 0 Å². The van der Waals surface area contributed by atoms with Crippen molar-refractivity contribution in [1.29, 1.82) is 0 Å². The molecule has 0 atom stereocenters. The third-order valence-electron chi connectivity index (χ3n) is 3.39. The molecule has 1 fully saturated rings. The van der Waals surface area contributed by atoms with E-state index in [1.54, 1.807) is 0 Å². The van der Waals surface area contributed by atoms with E-state index >= 15 is 0 Å². The van der Waals surface area contributed by atoms with Crippen molar-refractivity contribution in [2.45, 2.75) is 24.7 Å². The Morgan fingerprint density at radius 1 is 1.53 bits per heavy atom. The molecule has 1 saturated carbocycles. The van der Waals surface area contributed by atoms with Gasteiger partial charge in [-0.15, -0.1) is 0 Å². The molecule has 92 valence electrons. The zero-order chi connectivity index (χ0) is 12.6. The molecule has 0 aliphatic heterocycles. The summed E-state index contributed by atoms with van der Waals surface area (Å²) in [5.41, 5.74) is -0.641. The number of carboxylic acid groups (broad SMARTS) is 1. The van der Waals surface area contributed by atoms with E-state index in [9.17, 15) is 14.3 Å². The van der Waals surface area contributed by atoms with Crippen LogP contribution in [0.25, 0.3) is 0 Å². The highest BCUT2D eigenvalue weighted by molar-refractivity contribution is 6.30. The molecule has 17 heavy (non-hydrogen) atoms. The normalized spacial score (nSPS) is 17.4. The second-order valence-electron chi connectivity index (χ2n) is 4.18. The van der Waals surface area contributed by atoms with Crippen molar-refractivity contribution in [2.75, 3.05) is 7.11 Å². The van der Waals surface area contributed by atoms with Crippen LogP contribution in [0.5, 0.6) is 5.75 Å². The van der Waals surface area contributed by atoms with Crippen molar-refractivity contribution in [3.05, 3.63) is 28.5 Å². The van der Waals surface area contributed by atoms with Gasteiger partial charge in [0.05, 0.1) is 17.5 Å². The summed E-state index contributed by atoms with van der Waals surface area (Å²) in [5.74, 6) is -1.69. The average Bonchev–Trinajstić information content (AvgIpc) is 2.21. The van der Waals surface area contributed by atoms with E-state index in [1.165, 1.54) is 19.2 Å². The first-order valence-corrected chi connectivity index (χ1v) is 5.66. The van der Waals surface area contributed by atoms with Gasteiger partial charge in [0.2, 0.25) is 0 Å². The summed E-state index contributed by atoms with van der Waals surface area (Å²) in [7, 11) is 1.31. The van der Waals surface area contributed by atoms with Gasteiger partial charge in [-0.05, 0) is 18.9 Å². The lowest BCUT2D eigenvalue weighted by molar-refractivity contribution is -0.147. The molecule has 1 aliphatic rings. The summed E-state index contributed by atoms with van der Waals surface area (Å²) in [6.45, 7) is 0. The van der Waals surface area contributed by atoms with Crippen LogP contribution in [0.2, 0.25) is 5.02 Å². The van der Waals surface area contributed by atoms with Gasteiger partial charge in [0.15, 0.2) is 11.6 Å². The Morgan fingerprint density at radius 2 is 2.18 bits per heavy atom. The van der Waals surface area contributed by atoms with E-state index < -0.39 is 17.2 Å². The first kappa shape index (κ1) is 12.2. The minimum absolute atomic E-state index is 0.0559. The molecule has 1 aliphatic carbocycles. The number of ether oxygens (including phenoxy) is 1. The number of benzene rings is 1. The summed E-state index contributed by atoms with van der Waals surface area (Å²) in [6, 6.07) is 2.91. The fourth-order valence-corrected chi connectivity index (χ4v) is 2.39. The Morgan fingerprint density at radius 3 is 2.59 bits per heavy atom. The van der Waals surface area contributed by atoms with Gasteiger partial charge in [0.1, 0.15) is 0 Å². The molecule has 0 aromatic heterocycles. The number of hydrogen-bond acceptors (Lipinski definition) is 2.